The molecular formula is C32H36N6O2. The van der Waals surface area contributed by atoms with Crippen LogP contribution in [0.3, 0.4) is 0 Å². The number of aryl methyl sites for hydroxylation is 4. The minimum atomic E-state index is -0.0958. The lowest BCUT2D eigenvalue weighted by Crippen LogP contribution is -2.32. The number of tetrazole rings is 1. The summed E-state index contributed by atoms with van der Waals surface area (Å²) in [5, 5.41) is 14.0. The summed E-state index contributed by atoms with van der Waals surface area (Å²) in [6.45, 7) is 7.99. The van der Waals surface area contributed by atoms with Gasteiger partial charge in [0.2, 0.25) is 0 Å². The van der Waals surface area contributed by atoms with Gasteiger partial charge in [0, 0.05) is 30.6 Å². The van der Waals surface area contributed by atoms with Gasteiger partial charge < -0.3 is 9.72 Å². The second-order valence-electron chi connectivity index (χ2n) is 10.3. The molecule has 1 N–H and O–H groups in total. The summed E-state index contributed by atoms with van der Waals surface area (Å²) < 4.78 is 7.27. The highest BCUT2D eigenvalue weighted by atomic mass is 16.5. The molecule has 3 aromatic carbocycles. The average Bonchev–Trinajstić information content (AvgIpc) is 3.44. The van der Waals surface area contributed by atoms with Gasteiger partial charge in [-0.2, -0.15) is 0 Å². The van der Waals surface area contributed by atoms with Crippen LogP contribution in [0.2, 0.25) is 0 Å². The molecule has 0 aliphatic carbocycles. The Balaban J connectivity index is 1.50. The smallest absolute Gasteiger partial charge is 0.252 e. The summed E-state index contributed by atoms with van der Waals surface area (Å²) in [6.07, 6.45) is 1.61. The summed E-state index contributed by atoms with van der Waals surface area (Å²) in [7, 11) is 1.67. The number of hydrogen-bond donors (Lipinski definition) is 1. The number of pyridine rings is 1. The van der Waals surface area contributed by atoms with E-state index in [1.165, 1.54) is 5.56 Å². The fraction of sp³-hybridized carbons (Fsp3) is 0.312. The Bertz CT molecular complexity index is 1630. The van der Waals surface area contributed by atoms with Crippen LogP contribution in [0.1, 0.15) is 53.0 Å². The SMILES string of the molecule is CC[C@@H](c1nnnn1CCc1ccccc1)N(Cc1ccc(OC)cc1)Cc1cc2c(C)ccc(C)c2[nH]c1=O. The van der Waals surface area contributed by atoms with Crippen molar-refractivity contribution in [1.29, 1.82) is 0 Å². The van der Waals surface area contributed by atoms with E-state index < -0.39 is 0 Å². The Kier molecular flexibility index (Phi) is 8.36. The fourth-order valence-electron chi connectivity index (χ4n) is 5.29. The third-order valence-corrected chi connectivity index (χ3v) is 7.58. The van der Waals surface area contributed by atoms with E-state index in [1.54, 1.807) is 7.11 Å². The largest absolute Gasteiger partial charge is 0.497 e. The van der Waals surface area contributed by atoms with Gasteiger partial charge in [-0.05, 0) is 77.6 Å². The molecule has 8 heteroatoms. The van der Waals surface area contributed by atoms with Crippen LogP contribution < -0.4 is 10.3 Å². The molecular weight excluding hydrogens is 500 g/mol. The number of aromatic nitrogens is 5. The summed E-state index contributed by atoms with van der Waals surface area (Å²) in [4.78, 5) is 18.8. The topological polar surface area (TPSA) is 88.9 Å². The maximum atomic E-state index is 13.3. The van der Waals surface area contributed by atoms with Crippen molar-refractivity contribution in [3.05, 3.63) is 117 Å². The van der Waals surface area contributed by atoms with Crippen molar-refractivity contribution in [3.63, 3.8) is 0 Å². The number of ether oxygens (including phenoxy) is 1. The molecule has 206 valence electrons. The predicted molar refractivity (Wildman–Crippen MR) is 157 cm³/mol. The molecule has 8 nitrogen and oxygen atoms in total. The molecule has 0 aliphatic rings. The molecule has 0 radical (unpaired) electrons. The second kappa shape index (κ2) is 12.3. The van der Waals surface area contributed by atoms with E-state index in [2.05, 4.69) is 69.6 Å². The van der Waals surface area contributed by atoms with Crippen LogP contribution in [-0.4, -0.2) is 37.2 Å². The van der Waals surface area contributed by atoms with E-state index in [4.69, 9.17) is 4.74 Å². The number of fused-ring (bicyclic) bond motifs is 1. The number of methoxy groups -OCH3 is 1. The van der Waals surface area contributed by atoms with Crippen molar-refractivity contribution in [2.45, 2.75) is 59.3 Å². The first-order chi connectivity index (χ1) is 19.5. The molecule has 1 atom stereocenters. The lowest BCUT2D eigenvalue weighted by Gasteiger charge is -2.30. The van der Waals surface area contributed by atoms with E-state index in [0.29, 0.717) is 19.6 Å². The Labute approximate surface area is 234 Å². The van der Waals surface area contributed by atoms with Gasteiger partial charge >= 0.3 is 0 Å². The van der Waals surface area contributed by atoms with Crippen molar-refractivity contribution < 1.29 is 4.74 Å². The minimum absolute atomic E-state index is 0.0700. The molecule has 0 saturated carbocycles. The van der Waals surface area contributed by atoms with Crippen LogP contribution in [0.4, 0.5) is 0 Å². The van der Waals surface area contributed by atoms with Gasteiger partial charge in [0.1, 0.15) is 5.75 Å². The monoisotopic (exact) mass is 536 g/mol. The molecule has 0 unspecified atom stereocenters. The first-order valence-electron chi connectivity index (χ1n) is 13.8. The van der Waals surface area contributed by atoms with E-state index in [0.717, 1.165) is 57.6 Å². The van der Waals surface area contributed by atoms with E-state index >= 15 is 0 Å². The Hall–Kier alpha value is -4.30. The lowest BCUT2D eigenvalue weighted by molar-refractivity contribution is 0.160. The third kappa shape index (κ3) is 5.97. The Morgan fingerprint density at radius 1 is 0.950 bits per heavy atom. The van der Waals surface area contributed by atoms with Gasteiger partial charge in [0.15, 0.2) is 5.82 Å². The summed E-state index contributed by atoms with van der Waals surface area (Å²) in [5.74, 6) is 1.61. The van der Waals surface area contributed by atoms with Gasteiger partial charge in [-0.15, -0.1) is 5.10 Å². The number of benzene rings is 3. The van der Waals surface area contributed by atoms with Crippen LogP contribution in [0, 0.1) is 13.8 Å². The van der Waals surface area contributed by atoms with Gasteiger partial charge in [0.05, 0.1) is 18.7 Å². The molecule has 0 spiro atoms. The number of aromatic amines is 1. The van der Waals surface area contributed by atoms with Crippen molar-refractivity contribution in [2.24, 2.45) is 0 Å². The lowest BCUT2D eigenvalue weighted by atomic mass is 10.0. The highest BCUT2D eigenvalue weighted by molar-refractivity contribution is 5.85. The zero-order chi connectivity index (χ0) is 28.1. The molecule has 0 bridgehead atoms. The van der Waals surface area contributed by atoms with Crippen LogP contribution in [0.5, 0.6) is 5.75 Å². The molecule has 0 aliphatic heterocycles. The highest BCUT2D eigenvalue weighted by Gasteiger charge is 2.26. The molecule has 2 aromatic heterocycles. The molecule has 5 rings (SSSR count). The Morgan fingerprint density at radius 2 is 1.70 bits per heavy atom. The maximum absolute atomic E-state index is 13.3. The van der Waals surface area contributed by atoms with Crippen LogP contribution in [0.25, 0.3) is 10.9 Å². The number of nitrogens with zero attached hydrogens (tertiary/aromatic N) is 5. The van der Waals surface area contributed by atoms with Crippen molar-refractivity contribution in [2.75, 3.05) is 7.11 Å². The zero-order valence-electron chi connectivity index (χ0n) is 23.6. The summed E-state index contributed by atoms with van der Waals surface area (Å²) >= 11 is 0. The van der Waals surface area contributed by atoms with Crippen LogP contribution >= 0.6 is 0 Å². The quantitative estimate of drug-likeness (QED) is 0.239. The number of hydrogen-bond acceptors (Lipinski definition) is 6. The molecule has 0 fully saturated rings. The molecule has 0 saturated heterocycles. The van der Waals surface area contributed by atoms with Gasteiger partial charge in [-0.25, -0.2) is 4.68 Å². The fourth-order valence-corrected chi connectivity index (χ4v) is 5.29. The standard InChI is InChI=1S/C32H36N6O2/c1-5-29(31-34-35-36-38(31)18-17-24-9-7-6-8-10-24)37(20-25-13-15-27(40-4)16-14-25)21-26-19-28-22(2)11-12-23(3)30(28)33-32(26)39/h6-16,19,29H,5,17-18,20-21H2,1-4H3,(H,33,39)/t29-/m0/s1. The molecule has 2 heterocycles. The van der Waals surface area contributed by atoms with Gasteiger partial charge in [-0.3, -0.25) is 9.69 Å². The zero-order valence-corrected chi connectivity index (χ0v) is 23.6. The highest BCUT2D eigenvalue weighted by Crippen LogP contribution is 2.28. The van der Waals surface area contributed by atoms with Gasteiger partial charge in [0.25, 0.3) is 5.56 Å². The maximum Gasteiger partial charge on any atom is 0.252 e. The first-order valence-corrected chi connectivity index (χ1v) is 13.8. The number of nitrogens with one attached hydrogen (secondary N) is 1. The van der Waals surface area contributed by atoms with Gasteiger partial charge in [-0.1, -0.05) is 61.5 Å². The van der Waals surface area contributed by atoms with Crippen LogP contribution in [-0.2, 0) is 26.1 Å². The average molecular weight is 537 g/mol. The van der Waals surface area contributed by atoms with Crippen molar-refractivity contribution in [1.82, 2.24) is 30.1 Å². The molecule has 5 aromatic rings. The normalized spacial score (nSPS) is 12.2. The van der Waals surface area contributed by atoms with E-state index in [1.807, 2.05) is 54.1 Å². The first kappa shape index (κ1) is 27.3. The van der Waals surface area contributed by atoms with Crippen molar-refractivity contribution >= 4 is 10.9 Å². The molecule has 0 amide bonds. The second-order valence-corrected chi connectivity index (χ2v) is 10.3. The predicted octanol–water partition coefficient (Wildman–Crippen LogP) is 5.54. The minimum Gasteiger partial charge on any atom is -0.497 e. The van der Waals surface area contributed by atoms with E-state index in [9.17, 15) is 4.79 Å². The number of H-pyrrole nitrogens is 1. The summed E-state index contributed by atoms with van der Waals surface area (Å²) in [6, 6.07) is 24.5. The number of rotatable bonds is 11. The van der Waals surface area contributed by atoms with E-state index in [-0.39, 0.29) is 11.6 Å². The molecule has 40 heavy (non-hydrogen) atoms. The summed E-state index contributed by atoms with van der Waals surface area (Å²) in [5.41, 5.74) is 6.09. The van der Waals surface area contributed by atoms with Crippen molar-refractivity contribution in [3.8, 4) is 5.75 Å². The van der Waals surface area contributed by atoms with Crippen LogP contribution in [0.15, 0.2) is 77.6 Å². The Morgan fingerprint density at radius 3 is 2.42 bits per heavy atom. The third-order valence-electron chi connectivity index (χ3n) is 7.58.